The lowest BCUT2D eigenvalue weighted by Crippen LogP contribution is -2.46. The molecule has 0 aromatic carbocycles. The van der Waals surface area contributed by atoms with Crippen LogP contribution >= 0.6 is 0 Å². The maximum Gasteiger partial charge on any atom is 0.0877 e. The van der Waals surface area contributed by atoms with Crippen LogP contribution in [-0.4, -0.2) is 22.4 Å². The second-order valence-electron chi connectivity index (χ2n) is 6.68. The van der Waals surface area contributed by atoms with Gasteiger partial charge in [0.1, 0.15) is 0 Å². The fourth-order valence-electron chi connectivity index (χ4n) is 3.87. The number of aliphatic hydroxyl groups is 2. The second kappa shape index (κ2) is 4.40. The minimum absolute atomic E-state index is 0.121. The second-order valence-corrected chi connectivity index (χ2v) is 6.68. The normalized spacial score (nSPS) is 41.4. The third-order valence-electron chi connectivity index (χ3n) is 5.36. The lowest BCUT2D eigenvalue weighted by Gasteiger charge is -2.50. The predicted molar refractivity (Wildman–Crippen MR) is 69.6 cm³/mol. The largest absolute Gasteiger partial charge is 0.393 e. The molecule has 4 atom stereocenters. The van der Waals surface area contributed by atoms with E-state index in [-0.39, 0.29) is 12.5 Å². The van der Waals surface area contributed by atoms with Gasteiger partial charge in [0.15, 0.2) is 0 Å². The summed E-state index contributed by atoms with van der Waals surface area (Å²) in [6, 6.07) is 0. The van der Waals surface area contributed by atoms with E-state index >= 15 is 0 Å². The van der Waals surface area contributed by atoms with E-state index in [4.69, 9.17) is 0 Å². The highest BCUT2D eigenvalue weighted by molar-refractivity contribution is 5.15. The Morgan fingerprint density at radius 3 is 2.82 bits per heavy atom. The molecule has 0 spiro atoms. The Bertz CT molecular complexity index is 319. The minimum Gasteiger partial charge on any atom is -0.393 e. The summed E-state index contributed by atoms with van der Waals surface area (Å²) in [4.78, 5) is 0. The van der Waals surface area contributed by atoms with Gasteiger partial charge < -0.3 is 10.2 Å². The summed E-state index contributed by atoms with van der Waals surface area (Å²) >= 11 is 0. The Morgan fingerprint density at radius 2 is 2.18 bits per heavy atom. The monoisotopic (exact) mass is 238 g/mol. The van der Waals surface area contributed by atoms with Crippen LogP contribution in [0.2, 0.25) is 0 Å². The summed E-state index contributed by atoms with van der Waals surface area (Å²) in [5.74, 6) is 0.847. The average molecular weight is 238 g/mol. The number of hydrogen-bond acceptors (Lipinski definition) is 2. The first-order valence-electron chi connectivity index (χ1n) is 6.89. The van der Waals surface area contributed by atoms with Crippen LogP contribution in [0.1, 0.15) is 52.9 Å². The van der Waals surface area contributed by atoms with Crippen LogP contribution in [0.25, 0.3) is 0 Å². The molecule has 2 rings (SSSR count). The summed E-state index contributed by atoms with van der Waals surface area (Å²) in [7, 11) is 0. The third kappa shape index (κ3) is 2.30. The molecular weight excluding hydrogens is 212 g/mol. The number of aliphatic hydroxyl groups excluding tert-OH is 1. The zero-order chi connectivity index (χ0) is 12.7. The standard InChI is InChI=1S/C15H26O2/c1-11-5-4-7-14(2)8-6-12(9-13(11)14)15(3,17)10-16/h5,12-13,16-17H,4,6-10H2,1-3H3/t12-,13+,14-,15?/m1/s1. The molecule has 2 heteroatoms. The Hall–Kier alpha value is -0.340. The van der Waals surface area contributed by atoms with Crippen molar-refractivity contribution >= 4 is 0 Å². The van der Waals surface area contributed by atoms with Crippen molar-refractivity contribution in [3.63, 3.8) is 0 Å². The first-order valence-corrected chi connectivity index (χ1v) is 6.89. The van der Waals surface area contributed by atoms with E-state index in [0.29, 0.717) is 11.3 Å². The van der Waals surface area contributed by atoms with E-state index in [1.165, 1.54) is 24.8 Å². The zero-order valence-electron chi connectivity index (χ0n) is 11.4. The third-order valence-corrected chi connectivity index (χ3v) is 5.36. The van der Waals surface area contributed by atoms with Gasteiger partial charge >= 0.3 is 0 Å². The molecule has 0 saturated heterocycles. The van der Waals surface area contributed by atoms with Gasteiger partial charge in [0, 0.05) is 0 Å². The molecule has 0 bridgehead atoms. The number of fused-ring (bicyclic) bond motifs is 1. The van der Waals surface area contributed by atoms with Crippen molar-refractivity contribution in [3.8, 4) is 0 Å². The lowest BCUT2D eigenvalue weighted by atomic mass is 9.56. The van der Waals surface area contributed by atoms with Gasteiger partial charge in [-0.2, -0.15) is 0 Å². The molecule has 98 valence electrons. The van der Waals surface area contributed by atoms with Crippen molar-refractivity contribution < 1.29 is 10.2 Å². The highest BCUT2D eigenvalue weighted by atomic mass is 16.3. The van der Waals surface area contributed by atoms with Gasteiger partial charge in [-0.05, 0) is 63.2 Å². The van der Waals surface area contributed by atoms with E-state index in [1.807, 2.05) is 0 Å². The van der Waals surface area contributed by atoms with Gasteiger partial charge in [-0.15, -0.1) is 0 Å². The van der Waals surface area contributed by atoms with Crippen LogP contribution in [-0.2, 0) is 0 Å². The number of allylic oxidation sites excluding steroid dienone is 2. The first kappa shape index (κ1) is 13.1. The molecule has 0 heterocycles. The van der Waals surface area contributed by atoms with Crippen molar-refractivity contribution in [2.75, 3.05) is 6.61 Å². The predicted octanol–water partition coefficient (Wildman–Crippen LogP) is 2.89. The highest BCUT2D eigenvalue weighted by Gasteiger charge is 2.45. The molecule has 0 amide bonds. The number of hydrogen-bond donors (Lipinski definition) is 2. The molecule has 1 fully saturated rings. The Labute approximate surface area is 105 Å². The van der Waals surface area contributed by atoms with E-state index in [0.717, 1.165) is 12.8 Å². The first-order chi connectivity index (χ1) is 7.89. The summed E-state index contributed by atoms with van der Waals surface area (Å²) in [6.45, 7) is 6.29. The van der Waals surface area contributed by atoms with Gasteiger partial charge in [0.05, 0.1) is 12.2 Å². The Kier molecular flexibility index (Phi) is 3.39. The maximum atomic E-state index is 10.2. The van der Waals surface area contributed by atoms with Gasteiger partial charge in [0.2, 0.25) is 0 Å². The van der Waals surface area contributed by atoms with Crippen molar-refractivity contribution in [2.24, 2.45) is 17.3 Å². The van der Waals surface area contributed by atoms with Crippen LogP contribution in [0.3, 0.4) is 0 Å². The van der Waals surface area contributed by atoms with Gasteiger partial charge in [-0.3, -0.25) is 0 Å². The van der Waals surface area contributed by atoms with Crippen molar-refractivity contribution in [1.82, 2.24) is 0 Å². The van der Waals surface area contributed by atoms with Crippen LogP contribution in [0.5, 0.6) is 0 Å². The van der Waals surface area contributed by atoms with Crippen LogP contribution in [0.4, 0.5) is 0 Å². The van der Waals surface area contributed by atoms with Crippen molar-refractivity contribution in [1.29, 1.82) is 0 Å². The van der Waals surface area contributed by atoms with Crippen molar-refractivity contribution in [2.45, 2.75) is 58.5 Å². The summed E-state index contributed by atoms with van der Waals surface area (Å²) in [5.41, 5.74) is 1.03. The number of rotatable bonds is 2. The fraction of sp³-hybridized carbons (Fsp3) is 0.867. The minimum atomic E-state index is -0.904. The van der Waals surface area contributed by atoms with Gasteiger partial charge in [0.25, 0.3) is 0 Å². The molecule has 1 saturated carbocycles. The zero-order valence-corrected chi connectivity index (χ0v) is 11.4. The molecule has 2 aliphatic rings. The van der Waals surface area contributed by atoms with E-state index < -0.39 is 5.60 Å². The molecule has 0 aromatic heterocycles. The van der Waals surface area contributed by atoms with Crippen LogP contribution in [0.15, 0.2) is 11.6 Å². The molecule has 2 aliphatic carbocycles. The Morgan fingerprint density at radius 1 is 1.47 bits per heavy atom. The van der Waals surface area contributed by atoms with Crippen LogP contribution < -0.4 is 0 Å². The van der Waals surface area contributed by atoms with Gasteiger partial charge in [-0.25, -0.2) is 0 Å². The summed E-state index contributed by atoms with van der Waals surface area (Å²) < 4.78 is 0. The summed E-state index contributed by atoms with van der Waals surface area (Å²) in [6.07, 6.45) is 8.12. The van der Waals surface area contributed by atoms with Gasteiger partial charge in [-0.1, -0.05) is 18.6 Å². The lowest BCUT2D eigenvalue weighted by molar-refractivity contribution is -0.0803. The molecule has 0 aliphatic heterocycles. The molecule has 2 nitrogen and oxygen atoms in total. The highest BCUT2D eigenvalue weighted by Crippen LogP contribution is 2.53. The molecule has 0 aromatic rings. The topological polar surface area (TPSA) is 40.5 Å². The molecule has 1 unspecified atom stereocenters. The van der Waals surface area contributed by atoms with E-state index in [9.17, 15) is 10.2 Å². The fourth-order valence-corrected chi connectivity index (χ4v) is 3.87. The Balaban J connectivity index is 2.17. The van der Waals surface area contributed by atoms with E-state index in [2.05, 4.69) is 19.9 Å². The smallest absolute Gasteiger partial charge is 0.0877 e. The van der Waals surface area contributed by atoms with E-state index in [1.54, 1.807) is 6.92 Å². The maximum absolute atomic E-state index is 10.2. The quantitative estimate of drug-likeness (QED) is 0.726. The molecular formula is C15H26O2. The molecule has 0 radical (unpaired) electrons. The molecule has 17 heavy (non-hydrogen) atoms. The van der Waals surface area contributed by atoms with Crippen LogP contribution in [0, 0.1) is 17.3 Å². The summed E-state index contributed by atoms with van der Waals surface area (Å²) in [5, 5.41) is 19.5. The molecule has 2 N–H and O–H groups in total. The van der Waals surface area contributed by atoms with Crippen molar-refractivity contribution in [3.05, 3.63) is 11.6 Å². The average Bonchev–Trinajstić information content (AvgIpc) is 2.28. The SMILES string of the molecule is CC1=CCC[C@]2(C)CC[C@@H](C(C)(O)CO)C[C@@H]12.